The van der Waals surface area contributed by atoms with Gasteiger partial charge in [0.05, 0.1) is 19.3 Å². The molecular weight excluding hydrogens is 334 g/mol. The molecule has 2 aromatic heterocycles. The highest BCUT2D eigenvalue weighted by Gasteiger charge is 2.03. The second-order valence-corrected chi connectivity index (χ2v) is 6.42. The first-order chi connectivity index (χ1) is 12.3. The minimum absolute atomic E-state index is 0.562. The summed E-state index contributed by atoms with van der Waals surface area (Å²) in [4.78, 5) is 10.2. The van der Waals surface area contributed by atoms with Crippen LogP contribution in [-0.2, 0) is 13.0 Å². The average molecular weight is 357 g/mol. The molecule has 0 fully saturated rings. The summed E-state index contributed by atoms with van der Waals surface area (Å²) in [5.74, 6) is 1.69. The predicted octanol–water partition coefficient (Wildman–Crippen LogP) is 2.70. The number of aromatic nitrogens is 2. The lowest BCUT2D eigenvalue weighted by Crippen LogP contribution is -2.38. The highest BCUT2D eigenvalue weighted by molar-refractivity contribution is 7.15. The Balaban J connectivity index is 1.53. The largest absolute Gasteiger partial charge is 0.497 e. The van der Waals surface area contributed by atoms with Crippen LogP contribution >= 0.6 is 11.3 Å². The van der Waals surface area contributed by atoms with E-state index in [1.807, 2.05) is 34.3 Å². The van der Waals surface area contributed by atoms with E-state index in [9.17, 15) is 0 Å². The molecule has 0 aliphatic rings. The number of rotatable bonds is 7. The Kier molecular flexibility index (Phi) is 5.90. The average Bonchev–Trinajstić information content (AvgIpc) is 3.22. The molecule has 3 rings (SSSR count). The van der Waals surface area contributed by atoms with Crippen LogP contribution in [0.15, 0.2) is 47.0 Å². The van der Waals surface area contributed by atoms with Crippen molar-refractivity contribution in [1.29, 1.82) is 0 Å². The number of hydrogen-bond acceptors (Lipinski definition) is 4. The van der Waals surface area contributed by atoms with E-state index in [1.165, 1.54) is 5.56 Å². The quantitative estimate of drug-likeness (QED) is 0.504. The highest BCUT2D eigenvalue weighted by Crippen LogP contribution is 2.12. The summed E-state index contributed by atoms with van der Waals surface area (Å²) in [6, 6.07) is 8.14. The van der Waals surface area contributed by atoms with Crippen molar-refractivity contribution in [2.45, 2.75) is 19.9 Å². The summed E-state index contributed by atoms with van der Waals surface area (Å²) in [6.07, 6.45) is 4.96. The van der Waals surface area contributed by atoms with Crippen LogP contribution in [0.4, 0.5) is 0 Å². The molecule has 0 aliphatic carbocycles. The standard InChI is InChI=1S/C18H23N5OS/c1-3-19-17(20-9-8-14-4-6-16(24-2)7-5-14)21-12-15-13-23-10-11-25-18(23)22-15/h4-7,10-11,13H,3,8-9,12H2,1-2H3,(H2,19,20,21). The molecule has 0 aliphatic heterocycles. The highest BCUT2D eigenvalue weighted by atomic mass is 32.1. The topological polar surface area (TPSA) is 63.0 Å². The molecule has 0 atom stereocenters. The number of benzene rings is 1. The molecular formula is C18H23N5OS. The molecule has 132 valence electrons. The van der Waals surface area contributed by atoms with Gasteiger partial charge in [-0.05, 0) is 31.0 Å². The number of aliphatic imine (C=N–C) groups is 1. The fourth-order valence-electron chi connectivity index (χ4n) is 2.47. The first-order valence-electron chi connectivity index (χ1n) is 8.34. The van der Waals surface area contributed by atoms with Crippen LogP contribution < -0.4 is 15.4 Å². The van der Waals surface area contributed by atoms with Crippen molar-refractivity contribution in [3.63, 3.8) is 0 Å². The van der Waals surface area contributed by atoms with Crippen molar-refractivity contribution < 1.29 is 4.74 Å². The first-order valence-corrected chi connectivity index (χ1v) is 9.22. The van der Waals surface area contributed by atoms with Crippen molar-refractivity contribution in [1.82, 2.24) is 20.0 Å². The van der Waals surface area contributed by atoms with E-state index in [1.54, 1.807) is 18.4 Å². The first kappa shape index (κ1) is 17.3. The fourth-order valence-corrected chi connectivity index (χ4v) is 3.19. The zero-order chi connectivity index (χ0) is 17.5. The van der Waals surface area contributed by atoms with Crippen molar-refractivity contribution in [2.24, 2.45) is 4.99 Å². The number of hydrogen-bond donors (Lipinski definition) is 2. The number of guanidine groups is 1. The number of nitrogens with zero attached hydrogens (tertiary/aromatic N) is 3. The van der Waals surface area contributed by atoms with Gasteiger partial charge in [0.1, 0.15) is 5.75 Å². The molecule has 0 amide bonds. The zero-order valence-electron chi connectivity index (χ0n) is 14.5. The lowest BCUT2D eigenvalue weighted by atomic mass is 10.1. The van der Waals surface area contributed by atoms with Crippen molar-refractivity contribution in [3.05, 3.63) is 53.3 Å². The third kappa shape index (κ3) is 4.73. The van der Waals surface area contributed by atoms with Gasteiger partial charge in [0.25, 0.3) is 0 Å². The summed E-state index contributed by atoms with van der Waals surface area (Å²) in [5, 5.41) is 8.67. The summed E-state index contributed by atoms with van der Waals surface area (Å²) < 4.78 is 7.21. The number of ether oxygens (including phenoxy) is 1. The summed E-state index contributed by atoms with van der Waals surface area (Å²) >= 11 is 1.63. The number of imidazole rings is 1. The van der Waals surface area contributed by atoms with Gasteiger partial charge in [-0.15, -0.1) is 11.3 Å². The van der Waals surface area contributed by atoms with Gasteiger partial charge in [0.2, 0.25) is 0 Å². The van der Waals surface area contributed by atoms with Crippen LogP contribution in [0.25, 0.3) is 4.96 Å². The Bertz CT molecular complexity index is 793. The third-order valence-electron chi connectivity index (χ3n) is 3.75. The van der Waals surface area contributed by atoms with Gasteiger partial charge in [0, 0.05) is 30.9 Å². The Morgan fingerprint density at radius 2 is 2.12 bits per heavy atom. The van der Waals surface area contributed by atoms with E-state index in [-0.39, 0.29) is 0 Å². The van der Waals surface area contributed by atoms with Crippen LogP contribution in [0.2, 0.25) is 0 Å². The minimum Gasteiger partial charge on any atom is -0.497 e. The third-order valence-corrected chi connectivity index (χ3v) is 4.52. The van der Waals surface area contributed by atoms with Gasteiger partial charge in [-0.25, -0.2) is 9.98 Å². The van der Waals surface area contributed by atoms with E-state index in [0.29, 0.717) is 6.54 Å². The van der Waals surface area contributed by atoms with E-state index in [0.717, 1.165) is 41.9 Å². The number of methoxy groups -OCH3 is 1. The van der Waals surface area contributed by atoms with Crippen LogP contribution in [-0.4, -0.2) is 35.5 Å². The zero-order valence-corrected chi connectivity index (χ0v) is 15.3. The second kappa shape index (κ2) is 8.53. The molecule has 2 N–H and O–H groups in total. The molecule has 3 aromatic rings. The van der Waals surface area contributed by atoms with Crippen LogP contribution in [0.3, 0.4) is 0 Å². The van der Waals surface area contributed by atoms with Gasteiger partial charge in [0.15, 0.2) is 10.9 Å². The molecule has 6 nitrogen and oxygen atoms in total. The monoisotopic (exact) mass is 357 g/mol. The molecule has 0 spiro atoms. The maximum atomic E-state index is 5.18. The smallest absolute Gasteiger partial charge is 0.193 e. The molecule has 1 aromatic carbocycles. The van der Waals surface area contributed by atoms with E-state index < -0.39 is 0 Å². The minimum atomic E-state index is 0.562. The van der Waals surface area contributed by atoms with Gasteiger partial charge < -0.3 is 15.4 Å². The summed E-state index contributed by atoms with van der Waals surface area (Å²) in [5.41, 5.74) is 2.23. The Morgan fingerprint density at radius 3 is 2.84 bits per heavy atom. The van der Waals surface area contributed by atoms with Gasteiger partial charge in [-0.3, -0.25) is 4.40 Å². The molecule has 0 radical (unpaired) electrons. The van der Waals surface area contributed by atoms with Crippen molar-refractivity contribution >= 4 is 22.3 Å². The second-order valence-electron chi connectivity index (χ2n) is 5.55. The van der Waals surface area contributed by atoms with Crippen LogP contribution in [0.1, 0.15) is 18.2 Å². The molecule has 7 heteroatoms. The number of fused-ring (bicyclic) bond motifs is 1. The fraction of sp³-hybridized carbons (Fsp3) is 0.333. The van der Waals surface area contributed by atoms with Crippen molar-refractivity contribution in [3.8, 4) is 5.75 Å². The van der Waals surface area contributed by atoms with Gasteiger partial charge >= 0.3 is 0 Å². The maximum Gasteiger partial charge on any atom is 0.193 e. The van der Waals surface area contributed by atoms with E-state index in [4.69, 9.17) is 4.74 Å². The lowest BCUT2D eigenvalue weighted by molar-refractivity contribution is 0.414. The van der Waals surface area contributed by atoms with Crippen molar-refractivity contribution in [2.75, 3.05) is 20.2 Å². The van der Waals surface area contributed by atoms with E-state index >= 15 is 0 Å². The summed E-state index contributed by atoms with van der Waals surface area (Å²) in [7, 11) is 1.68. The van der Waals surface area contributed by atoms with Crippen LogP contribution in [0, 0.1) is 0 Å². The Hall–Kier alpha value is -2.54. The molecule has 0 bridgehead atoms. The molecule has 25 heavy (non-hydrogen) atoms. The summed E-state index contributed by atoms with van der Waals surface area (Å²) in [6.45, 7) is 4.27. The molecule has 0 saturated heterocycles. The Morgan fingerprint density at radius 1 is 1.28 bits per heavy atom. The maximum absolute atomic E-state index is 5.18. The number of thiazole rings is 1. The molecule has 2 heterocycles. The van der Waals surface area contributed by atoms with Gasteiger partial charge in [-0.2, -0.15) is 0 Å². The van der Waals surface area contributed by atoms with Crippen LogP contribution in [0.5, 0.6) is 5.75 Å². The number of nitrogens with one attached hydrogen (secondary N) is 2. The predicted molar refractivity (Wildman–Crippen MR) is 103 cm³/mol. The normalized spacial score (nSPS) is 11.7. The lowest BCUT2D eigenvalue weighted by Gasteiger charge is -2.11. The SMILES string of the molecule is CCNC(=NCc1cn2ccsc2n1)NCCc1ccc(OC)cc1. The van der Waals surface area contributed by atoms with Gasteiger partial charge in [-0.1, -0.05) is 12.1 Å². The molecule has 0 saturated carbocycles. The Labute approximate surface area is 151 Å². The molecule has 0 unspecified atom stereocenters. The van der Waals surface area contributed by atoms with E-state index in [2.05, 4.69) is 39.7 Å².